The van der Waals surface area contributed by atoms with Gasteiger partial charge in [-0.2, -0.15) is 0 Å². The summed E-state index contributed by atoms with van der Waals surface area (Å²) in [6.45, 7) is 4.47. The van der Waals surface area contributed by atoms with Crippen LogP contribution in [-0.2, 0) is 25.6 Å². The van der Waals surface area contributed by atoms with Gasteiger partial charge in [-0.25, -0.2) is 9.59 Å². The van der Waals surface area contributed by atoms with Gasteiger partial charge in [0.2, 0.25) is 0 Å². The van der Waals surface area contributed by atoms with Crippen LogP contribution in [0.15, 0.2) is 72.1 Å². The van der Waals surface area contributed by atoms with Crippen LogP contribution in [-0.4, -0.2) is 31.1 Å². The Hall–Kier alpha value is -3.34. The van der Waals surface area contributed by atoms with Crippen molar-refractivity contribution in [1.29, 1.82) is 0 Å². The van der Waals surface area contributed by atoms with Crippen molar-refractivity contribution < 1.29 is 19.1 Å². The van der Waals surface area contributed by atoms with E-state index in [-0.39, 0.29) is 0 Å². The highest BCUT2D eigenvalue weighted by molar-refractivity contribution is 5.98. The molecule has 5 nitrogen and oxygen atoms in total. The lowest BCUT2D eigenvalue weighted by atomic mass is 9.81. The predicted octanol–water partition coefficient (Wildman–Crippen LogP) is 4.02. The van der Waals surface area contributed by atoms with Crippen molar-refractivity contribution in [3.8, 4) is 0 Å². The molecular weight excluding hydrogens is 366 g/mol. The van der Waals surface area contributed by atoms with E-state index in [0.717, 1.165) is 22.3 Å². The quantitative estimate of drug-likeness (QED) is 0.721. The Morgan fingerprint density at radius 2 is 1.48 bits per heavy atom. The lowest BCUT2D eigenvalue weighted by Gasteiger charge is -2.31. The first kappa shape index (κ1) is 20.4. The molecule has 29 heavy (non-hydrogen) atoms. The monoisotopic (exact) mass is 391 g/mol. The lowest BCUT2D eigenvalue weighted by molar-refractivity contribution is -0.137. The molecule has 0 amide bonds. The van der Waals surface area contributed by atoms with Crippen molar-refractivity contribution in [3.63, 3.8) is 0 Å². The van der Waals surface area contributed by atoms with Crippen molar-refractivity contribution in [2.75, 3.05) is 14.2 Å². The fourth-order valence-corrected chi connectivity index (χ4v) is 3.58. The summed E-state index contributed by atoms with van der Waals surface area (Å²) in [6.07, 6.45) is 3.52. The third kappa shape index (κ3) is 4.40. The molecule has 0 radical (unpaired) electrons. The molecule has 1 aliphatic rings. The third-order valence-electron chi connectivity index (χ3n) is 5.03. The number of ether oxygens (including phenoxy) is 2. The molecule has 3 rings (SSSR count). The van der Waals surface area contributed by atoms with Gasteiger partial charge < -0.3 is 14.4 Å². The molecule has 150 valence electrons. The van der Waals surface area contributed by atoms with Gasteiger partial charge in [0, 0.05) is 18.9 Å². The van der Waals surface area contributed by atoms with Crippen LogP contribution in [0, 0.1) is 13.8 Å². The smallest absolute Gasteiger partial charge is 0.336 e. The molecule has 0 atom stereocenters. The number of hydrogen-bond acceptors (Lipinski definition) is 5. The van der Waals surface area contributed by atoms with Gasteiger partial charge in [0.25, 0.3) is 0 Å². The van der Waals surface area contributed by atoms with Crippen molar-refractivity contribution in [1.82, 2.24) is 4.90 Å². The number of carbonyl (C=O) groups excluding carboxylic acids is 2. The molecule has 0 saturated carbocycles. The van der Waals surface area contributed by atoms with E-state index in [1.807, 2.05) is 67.3 Å². The number of methoxy groups -OCH3 is 2. The summed E-state index contributed by atoms with van der Waals surface area (Å²) in [6, 6.07) is 15.8. The number of aryl methyl sites for hydroxylation is 2. The van der Waals surface area contributed by atoms with Gasteiger partial charge in [-0.3, -0.25) is 0 Å². The minimum absolute atomic E-state index is 0.403. The first-order chi connectivity index (χ1) is 13.9. The zero-order chi connectivity index (χ0) is 21.0. The van der Waals surface area contributed by atoms with E-state index in [4.69, 9.17) is 9.47 Å². The Balaban J connectivity index is 2.13. The van der Waals surface area contributed by atoms with Gasteiger partial charge >= 0.3 is 11.9 Å². The van der Waals surface area contributed by atoms with E-state index in [9.17, 15) is 9.59 Å². The molecule has 0 N–H and O–H groups in total. The minimum atomic E-state index is -0.554. The fourth-order valence-electron chi connectivity index (χ4n) is 3.58. The summed E-state index contributed by atoms with van der Waals surface area (Å²) in [7, 11) is 2.70. The van der Waals surface area contributed by atoms with Gasteiger partial charge in [-0.15, -0.1) is 0 Å². The Labute approximate surface area is 171 Å². The van der Waals surface area contributed by atoms with Gasteiger partial charge in [0.1, 0.15) is 0 Å². The molecule has 0 fully saturated rings. The van der Waals surface area contributed by atoms with Crippen LogP contribution in [0.3, 0.4) is 0 Å². The second-order valence-electron chi connectivity index (χ2n) is 7.10. The van der Waals surface area contributed by atoms with Crippen molar-refractivity contribution in [2.45, 2.75) is 26.3 Å². The highest BCUT2D eigenvalue weighted by Gasteiger charge is 2.36. The van der Waals surface area contributed by atoms with Crippen LogP contribution in [0.4, 0.5) is 0 Å². The van der Waals surface area contributed by atoms with Crippen molar-refractivity contribution in [2.24, 2.45) is 0 Å². The third-order valence-corrected chi connectivity index (χ3v) is 5.03. The minimum Gasteiger partial charge on any atom is -0.466 e. The molecule has 2 aromatic rings. The Morgan fingerprint density at radius 1 is 0.897 bits per heavy atom. The first-order valence-electron chi connectivity index (χ1n) is 9.41. The van der Waals surface area contributed by atoms with Crippen LogP contribution in [0.1, 0.15) is 28.2 Å². The molecular formula is C24H25NO4. The van der Waals surface area contributed by atoms with E-state index in [0.29, 0.717) is 17.7 Å². The van der Waals surface area contributed by atoms with E-state index in [1.165, 1.54) is 14.2 Å². The second kappa shape index (κ2) is 8.78. The van der Waals surface area contributed by atoms with Crippen LogP contribution in [0.25, 0.3) is 0 Å². The van der Waals surface area contributed by atoms with Crippen molar-refractivity contribution >= 4 is 11.9 Å². The summed E-state index contributed by atoms with van der Waals surface area (Å²) in [5, 5.41) is 0. The summed E-state index contributed by atoms with van der Waals surface area (Å²) in [5.41, 5.74) is 4.78. The van der Waals surface area contributed by atoms with E-state index >= 15 is 0 Å². The van der Waals surface area contributed by atoms with Crippen LogP contribution >= 0.6 is 0 Å². The molecule has 1 heterocycles. The van der Waals surface area contributed by atoms with E-state index in [1.54, 1.807) is 12.4 Å². The highest BCUT2D eigenvalue weighted by atomic mass is 16.5. The molecule has 2 aromatic carbocycles. The fraction of sp³-hybridized carbons (Fsp3) is 0.250. The number of rotatable bonds is 5. The summed E-state index contributed by atoms with van der Waals surface area (Å²) < 4.78 is 10.1. The summed E-state index contributed by atoms with van der Waals surface area (Å²) in [4.78, 5) is 27.2. The van der Waals surface area contributed by atoms with Gasteiger partial charge in [0.05, 0.1) is 31.3 Å². The number of nitrogens with zero attached hydrogens (tertiary/aromatic N) is 1. The predicted molar refractivity (Wildman–Crippen MR) is 111 cm³/mol. The number of esters is 2. The largest absolute Gasteiger partial charge is 0.466 e. The lowest BCUT2D eigenvalue weighted by Crippen LogP contribution is -2.29. The Bertz CT molecular complexity index is 942. The molecule has 0 bridgehead atoms. The maximum Gasteiger partial charge on any atom is 0.336 e. The van der Waals surface area contributed by atoms with Crippen molar-refractivity contribution in [3.05, 3.63) is 94.3 Å². The number of carbonyl (C=O) groups is 2. The highest BCUT2D eigenvalue weighted by Crippen LogP contribution is 2.39. The SMILES string of the molecule is COC(=O)C1=CN(Cc2ccccc2)C=C(C(=O)OC)C1c1cc(C)ccc1C. The maximum absolute atomic E-state index is 12.7. The maximum atomic E-state index is 12.7. The number of benzene rings is 2. The van der Waals surface area contributed by atoms with Gasteiger partial charge in [-0.1, -0.05) is 54.1 Å². The first-order valence-corrected chi connectivity index (χ1v) is 9.41. The molecule has 0 unspecified atom stereocenters. The average molecular weight is 391 g/mol. The molecule has 1 aliphatic heterocycles. The van der Waals surface area contributed by atoms with Crippen LogP contribution < -0.4 is 0 Å². The Kier molecular flexibility index (Phi) is 6.17. The van der Waals surface area contributed by atoms with E-state index in [2.05, 4.69) is 0 Å². The standard InChI is InChI=1S/C24H25NO4/c1-16-10-11-17(2)19(12-16)22-20(23(26)28-3)14-25(15-21(22)24(27)29-4)13-18-8-6-5-7-9-18/h5-12,14-15,22H,13H2,1-4H3. The molecule has 0 spiro atoms. The van der Waals surface area contributed by atoms with Crippen LogP contribution in [0.5, 0.6) is 0 Å². The molecule has 0 aromatic heterocycles. The van der Waals surface area contributed by atoms with Crippen LogP contribution in [0.2, 0.25) is 0 Å². The molecule has 5 heteroatoms. The second-order valence-corrected chi connectivity index (χ2v) is 7.10. The zero-order valence-corrected chi connectivity index (χ0v) is 17.1. The molecule has 0 aliphatic carbocycles. The molecule has 0 saturated heterocycles. The summed E-state index contributed by atoms with van der Waals surface area (Å²) in [5.74, 6) is -1.49. The summed E-state index contributed by atoms with van der Waals surface area (Å²) >= 11 is 0. The van der Waals surface area contributed by atoms with Gasteiger partial charge in [0.15, 0.2) is 0 Å². The number of hydrogen-bond donors (Lipinski definition) is 0. The van der Waals surface area contributed by atoms with Gasteiger partial charge in [-0.05, 0) is 30.5 Å². The normalized spacial score (nSPS) is 14.1. The van der Waals surface area contributed by atoms with E-state index < -0.39 is 17.9 Å². The Morgan fingerprint density at radius 3 is 2.03 bits per heavy atom. The topological polar surface area (TPSA) is 55.8 Å². The average Bonchev–Trinajstić information content (AvgIpc) is 2.74. The zero-order valence-electron chi connectivity index (χ0n) is 17.1.